The zero-order chi connectivity index (χ0) is 16.2. The lowest BCUT2D eigenvalue weighted by molar-refractivity contribution is 0.317. The molecule has 0 aliphatic carbocycles. The standard InChI is InChI=1S/C15H13Cl3O3S/c16-11-2-5-13(6-3-11)22(19,20)9-1-8-21-12-4-7-14(17)15(18)10-12/h2-7,10H,1,8-9H2. The Hall–Kier alpha value is -0.940. The number of ether oxygens (including phenoxy) is 1. The first kappa shape index (κ1) is 17.4. The molecule has 118 valence electrons. The van der Waals surface area contributed by atoms with Crippen LogP contribution in [0.1, 0.15) is 6.42 Å². The molecule has 0 saturated carbocycles. The molecule has 0 fully saturated rings. The first-order valence-electron chi connectivity index (χ1n) is 6.45. The van der Waals surface area contributed by atoms with Gasteiger partial charge < -0.3 is 4.74 Å². The quantitative estimate of drug-likeness (QED) is 0.671. The summed E-state index contributed by atoms with van der Waals surface area (Å²) in [7, 11) is -3.33. The highest BCUT2D eigenvalue weighted by molar-refractivity contribution is 7.91. The lowest BCUT2D eigenvalue weighted by atomic mass is 10.3. The molecule has 0 aliphatic rings. The van der Waals surface area contributed by atoms with Crippen LogP contribution in [0.4, 0.5) is 0 Å². The number of sulfone groups is 1. The minimum absolute atomic E-state index is 0.00401. The summed E-state index contributed by atoms with van der Waals surface area (Å²) in [6.07, 6.45) is 0.366. The number of rotatable bonds is 6. The molecule has 0 aromatic heterocycles. The van der Waals surface area contributed by atoms with Crippen LogP contribution in [0.25, 0.3) is 0 Å². The van der Waals surface area contributed by atoms with Gasteiger partial charge in [0.05, 0.1) is 27.3 Å². The molecule has 0 heterocycles. The van der Waals surface area contributed by atoms with Crippen LogP contribution in [-0.2, 0) is 9.84 Å². The summed E-state index contributed by atoms with van der Waals surface area (Å²) in [6.45, 7) is 0.269. The van der Waals surface area contributed by atoms with Gasteiger partial charge in [0.2, 0.25) is 0 Å². The summed E-state index contributed by atoms with van der Waals surface area (Å²) >= 11 is 17.4. The molecule has 0 bridgehead atoms. The van der Waals surface area contributed by atoms with E-state index in [4.69, 9.17) is 39.5 Å². The fourth-order valence-electron chi connectivity index (χ4n) is 1.77. The molecule has 0 saturated heterocycles. The first-order chi connectivity index (χ1) is 10.4. The molecule has 0 atom stereocenters. The Balaban J connectivity index is 1.87. The van der Waals surface area contributed by atoms with Crippen LogP contribution in [0.2, 0.25) is 15.1 Å². The monoisotopic (exact) mass is 378 g/mol. The highest BCUT2D eigenvalue weighted by Crippen LogP contribution is 2.26. The maximum Gasteiger partial charge on any atom is 0.178 e. The third-order valence-corrected chi connectivity index (χ3v) is 5.70. The van der Waals surface area contributed by atoms with Crippen molar-refractivity contribution in [1.82, 2.24) is 0 Å². The van der Waals surface area contributed by atoms with Gasteiger partial charge in [0, 0.05) is 11.1 Å². The lowest BCUT2D eigenvalue weighted by Crippen LogP contribution is -2.10. The highest BCUT2D eigenvalue weighted by atomic mass is 35.5. The van der Waals surface area contributed by atoms with Gasteiger partial charge in [0.25, 0.3) is 0 Å². The molecule has 2 aromatic rings. The normalized spacial score (nSPS) is 11.4. The van der Waals surface area contributed by atoms with Gasteiger partial charge in [-0.05, 0) is 42.8 Å². The van der Waals surface area contributed by atoms with E-state index in [0.29, 0.717) is 27.2 Å². The Morgan fingerprint density at radius 2 is 1.59 bits per heavy atom. The third kappa shape index (κ3) is 4.78. The lowest BCUT2D eigenvalue weighted by Gasteiger charge is -2.08. The fourth-order valence-corrected chi connectivity index (χ4v) is 3.46. The van der Waals surface area contributed by atoms with E-state index in [1.54, 1.807) is 30.3 Å². The SMILES string of the molecule is O=S(=O)(CCCOc1ccc(Cl)c(Cl)c1)c1ccc(Cl)cc1. The molecule has 0 amide bonds. The molecule has 0 aliphatic heterocycles. The summed E-state index contributed by atoms with van der Waals surface area (Å²) in [5, 5.41) is 1.34. The second-order valence-corrected chi connectivity index (χ2v) is 7.91. The van der Waals surface area contributed by atoms with Gasteiger partial charge in [-0.25, -0.2) is 8.42 Å². The zero-order valence-electron chi connectivity index (χ0n) is 11.4. The Labute approximate surface area is 144 Å². The van der Waals surface area contributed by atoms with E-state index in [0.717, 1.165) is 0 Å². The maximum absolute atomic E-state index is 12.1. The van der Waals surface area contributed by atoms with E-state index in [9.17, 15) is 8.42 Å². The zero-order valence-corrected chi connectivity index (χ0v) is 14.5. The number of hydrogen-bond acceptors (Lipinski definition) is 3. The largest absolute Gasteiger partial charge is 0.494 e. The van der Waals surface area contributed by atoms with Crippen LogP contribution >= 0.6 is 34.8 Å². The number of benzene rings is 2. The number of hydrogen-bond donors (Lipinski definition) is 0. The van der Waals surface area contributed by atoms with Crippen LogP contribution < -0.4 is 4.74 Å². The molecule has 0 N–H and O–H groups in total. The first-order valence-corrected chi connectivity index (χ1v) is 9.23. The van der Waals surface area contributed by atoms with Crippen molar-refractivity contribution < 1.29 is 13.2 Å². The van der Waals surface area contributed by atoms with E-state index in [2.05, 4.69) is 0 Å². The van der Waals surface area contributed by atoms with Gasteiger partial charge in [-0.1, -0.05) is 34.8 Å². The van der Waals surface area contributed by atoms with Crippen LogP contribution in [0.15, 0.2) is 47.4 Å². The van der Waals surface area contributed by atoms with Crippen molar-refractivity contribution in [3.63, 3.8) is 0 Å². The number of halogens is 3. The predicted octanol–water partition coefficient (Wildman–Crippen LogP) is 4.89. The average molecular weight is 380 g/mol. The summed E-state index contributed by atoms with van der Waals surface area (Å²) in [5.41, 5.74) is 0. The third-order valence-electron chi connectivity index (χ3n) is 2.89. The van der Waals surface area contributed by atoms with Gasteiger partial charge in [-0.2, -0.15) is 0 Å². The van der Waals surface area contributed by atoms with Gasteiger partial charge in [-0.15, -0.1) is 0 Å². The van der Waals surface area contributed by atoms with Crippen LogP contribution in [-0.4, -0.2) is 20.8 Å². The predicted molar refractivity (Wildman–Crippen MR) is 90.1 cm³/mol. The van der Waals surface area contributed by atoms with Gasteiger partial charge in [-0.3, -0.25) is 0 Å². The second-order valence-electron chi connectivity index (χ2n) is 4.55. The van der Waals surface area contributed by atoms with Gasteiger partial charge in [0.15, 0.2) is 9.84 Å². The smallest absolute Gasteiger partial charge is 0.178 e. The summed E-state index contributed by atoms with van der Waals surface area (Å²) in [6, 6.07) is 11.0. The molecule has 22 heavy (non-hydrogen) atoms. The van der Waals surface area contributed by atoms with Crippen molar-refractivity contribution in [3.05, 3.63) is 57.5 Å². The Bertz CT molecular complexity index is 743. The maximum atomic E-state index is 12.1. The van der Waals surface area contributed by atoms with Crippen molar-refractivity contribution in [2.24, 2.45) is 0 Å². The Morgan fingerprint density at radius 3 is 2.23 bits per heavy atom. The minimum atomic E-state index is -3.33. The molecule has 0 spiro atoms. The van der Waals surface area contributed by atoms with E-state index < -0.39 is 9.84 Å². The van der Waals surface area contributed by atoms with Crippen LogP contribution in [0.5, 0.6) is 5.75 Å². The van der Waals surface area contributed by atoms with Crippen molar-refractivity contribution in [2.45, 2.75) is 11.3 Å². The van der Waals surface area contributed by atoms with Gasteiger partial charge in [0.1, 0.15) is 5.75 Å². The van der Waals surface area contributed by atoms with Gasteiger partial charge >= 0.3 is 0 Å². The average Bonchev–Trinajstić information content (AvgIpc) is 2.48. The van der Waals surface area contributed by atoms with Crippen molar-refractivity contribution in [3.8, 4) is 5.75 Å². The molecule has 0 unspecified atom stereocenters. The van der Waals surface area contributed by atoms with E-state index in [1.807, 2.05) is 0 Å². The molecule has 2 aromatic carbocycles. The molecular formula is C15H13Cl3O3S. The molecule has 0 radical (unpaired) electrons. The summed E-state index contributed by atoms with van der Waals surface area (Å²) < 4.78 is 29.7. The Kier molecular flexibility index (Phi) is 5.98. The summed E-state index contributed by atoms with van der Waals surface area (Å²) in [5.74, 6) is 0.550. The van der Waals surface area contributed by atoms with Crippen molar-refractivity contribution >= 4 is 44.6 Å². The van der Waals surface area contributed by atoms with E-state index >= 15 is 0 Å². The molecule has 7 heteroatoms. The topological polar surface area (TPSA) is 43.4 Å². The highest BCUT2D eigenvalue weighted by Gasteiger charge is 2.13. The van der Waals surface area contributed by atoms with Crippen LogP contribution in [0.3, 0.4) is 0 Å². The molecule has 3 nitrogen and oxygen atoms in total. The summed E-state index contributed by atoms with van der Waals surface area (Å²) in [4.78, 5) is 0.256. The second kappa shape index (κ2) is 7.55. The molecule has 2 rings (SSSR count). The Morgan fingerprint density at radius 1 is 0.909 bits per heavy atom. The molecular weight excluding hydrogens is 367 g/mol. The van der Waals surface area contributed by atoms with Crippen molar-refractivity contribution in [1.29, 1.82) is 0 Å². The van der Waals surface area contributed by atoms with E-state index in [1.165, 1.54) is 12.1 Å². The van der Waals surface area contributed by atoms with E-state index in [-0.39, 0.29) is 17.3 Å². The fraction of sp³-hybridized carbons (Fsp3) is 0.200. The minimum Gasteiger partial charge on any atom is -0.494 e. The van der Waals surface area contributed by atoms with Crippen molar-refractivity contribution in [2.75, 3.05) is 12.4 Å². The van der Waals surface area contributed by atoms with Crippen LogP contribution in [0, 0.1) is 0 Å².